The van der Waals surface area contributed by atoms with E-state index in [0.29, 0.717) is 23.5 Å². The minimum atomic E-state index is -0.840. The maximum atomic E-state index is 13.1. The van der Waals surface area contributed by atoms with Gasteiger partial charge in [0.25, 0.3) is 11.7 Å². The highest BCUT2D eigenvalue weighted by molar-refractivity contribution is 6.46. The van der Waals surface area contributed by atoms with E-state index >= 15 is 0 Å². The Kier molecular flexibility index (Phi) is 4.81. The third-order valence-electron chi connectivity index (χ3n) is 5.82. The number of ether oxygens (including phenoxy) is 1. The summed E-state index contributed by atoms with van der Waals surface area (Å²) in [5.41, 5.74) is 2.21. The molecule has 7 heteroatoms. The molecule has 162 valence electrons. The lowest BCUT2D eigenvalue weighted by Gasteiger charge is -2.23. The van der Waals surface area contributed by atoms with Gasteiger partial charge < -0.3 is 19.2 Å². The first-order valence-corrected chi connectivity index (χ1v) is 10.5. The Hall–Kier alpha value is -3.87. The van der Waals surface area contributed by atoms with Crippen LogP contribution in [-0.2, 0) is 22.6 Å². The number of carbonyl (C=O) groups excluding carboxylic acids is 2. The summed E-state index contributed by atoms with van der Waals surface area (Å²) >= 11 is 0. The average Bonchev–Trinajstić information content (AvgIpc) is 3.44. The number of pyridine rings is 1. The molecule has 2 aromatic heterocycles. The molecule has 3 aromatic rings. The number of benzene rings is 1. The first kappa shape index (κ1) is 20.1. The Morgan fingerprint density at radius 2 is 2.06 bits per heavy atom. The Balaban J connectivity index is 1.62. The van der Waals surface area contributed by atoms with Gasteiger partial charge in [-0.3, -0.25) is 14.6 Å². The van der Waals surface area contributed by atoms with Crippen molar-refractivity contribution in [2.75, 3.05) is 0 Å². The molecule has 2 aliphatic heterocycles. The van der Waals surface area contributed by atoms with Crippen LogP contribution < -0.4 is 4.74 Å². The molecule has 0 radical (unpaired) electrons. The number of hydrogen-bond donors (Lipinski definition) is 1. The van der Waals surface area contributed by atoms with Gasteiger partial charge in [0.05, 0.1) is 5.57 Å². The van der Waals surface area contributed by atoms with Crippen LogP contribution in [0.5, 0.6) is 5.75 Å². The zero-order valence-corrected chi connectivity index (χ0v) is 17.7. The zero-order chi connectivity index (χ0) is 22.4. The van der Waals surface area contributed by atoms with Gasteiger partial charge in [0.1, 0.15) is 35.2 Å². The van der Waals surface area contributed by atoms with Crippen molar-refractivity contribution in [3.63, 3.8) is 0 Å². The number of aliphatic hydroxyl groups is 1. The van der Waals surface area contributed by atoms with Crippen molar-refractivity contribution in [1.29, 1.82) is 0 Å². The predicted octanol–water partition coefficient (Wildman–Crippen LogP) is 3.93. The van der Waals surface area contributed by atoms with Crippen molar-refractivity contribution in [1.82, 2.24) is 9.88 Å². The molecule has 0 bridgehead atoms. The third kappa shape index (κ3) is 3.36. The maximum Gasteiger partial charge on any atom is 0.296 e. The molecule has 2 unspecified atom stereocenters. The summed E-state index contributed by atoms with van der Waals surface area (Å²) < 4.78 is 11.5. The molecule has 1 N–H and O–H groups in total. The van der Waals surface area contributed by atoms with Crippen LogP contribution in [0.15, 0.2) is 64.8 Å². The lowest BCUT2D eigenvalue weighted by molar-refractivity contribution is -0.140. The minimum Gasteiger partial charge on any atom is -0.507 e. The Morgan fingerprint density at radius 3 is 2.78 bits per heavy atom. The maximum absolute atomic E-state index is 13.1. The number of carbonyl (C=O) groups is 2. The molecule has 0 spiro atoms. The van der Waals surface area contributed by atoms with Gasteiger partial charge in [0.2, 0.25) is 0 Å². The summed E-state index contributed by atoms with van der Waals surface area (Å²) in [6.07, 6.45) is 4.06. The Morgan fingerprint density at radius 1 is 1.22 bits per heavy atom. The Labute approximate surface area is 184 Å². The van der Waals surface area contributed by atoms with Crippen LogP contribution >= 0.6 is 0 Å². The van der Waals surface area contributed by atoms with E-state index in [9.17, 15) is 14.7 Å². The van der Waals surface area contributed by atoms with E-state index in [1.165, 1.54) is 4.90 Å². The van der Waals surface area contributed by atoms with Crippen LogP contribution in [0.1, 0.15) is 41.2 Å². The number of likely N-dealkylation sites (tertiary alicyclic amines) is 1. The van der Waals surface area contributed by atoms with Crippen molar-refractivity contribution >= 4 is 17.4 Å². The van der Waals surface area contributed by atoms with Gasteiger partial charge in [-0.25, -0.2) is 0 Å². The molecule has 2 atom stereocenters. The standard InChI is InChI=1S/C25H22N2O5/c1-14-5-7-20(31-14)22-21(23(28)17-6-8-19-18(11-17)10-15(2)32-19)24(29)25(30)27(22)13-16-4-3-9-26-12-16/h3-9,11-12,15,22,28H,10,13H2,1-2H3/b23-21-. The average molecular weight is 430 g/mol. The largest absolute Gasteiger partial charge is 0.507 e. The lowest BCUT2D eigenvalue weighted by Crippen LogP contribution is -2.29. The fourth-order valence-electron chi connectivity index (χ4n) is 4.35. The quantitative estimate of drug-likeness (QED) is 0.383. The number of amides is 1. The molecule has 1 saturated heterocycles. The van der Waals surface area contributed by atoms with Crippen LogP contribution in [0, 0.1) is 6.92 Å². The van der Waals surface area contributed by atoms with Gasteiger partial charge >= 0.3 is 0 Å². The highest BCUT2D eigenvalue weighted by atomic mass is 16.5. The second-order valence-corrected chi connectivity index (χ2v) is 8.19. The van der Waals surface area contributed by atoms with Gasteiger partial charge in [-0.2, -0.15) is 0 Å². The van der Waals surface area contributed by atoms with E-state index in [-0.39, 0.29) is 24.0 Å². The molecular formula is C25H22N2O5. The van der Waals surface area contributed by atoms with Crippen LogP contribution in [0.25, 0.3) is 5.76 Å². The lowest BCUT2D eigenvalue weighted by atomic mass is 9.97. The topological polar surface area (TPSA) is 92.9 Å². The van der Waals surface area contributed by atoms with Crippen LogP contribution in [0.4, 0.5) is 0 Å². The molecule has 4 heterocycles. The second kappa shape index (κ2) is 7.67. The molecule has 2 aliphatic rings. The summed E-state index contributed by atoms with van der Waals surface area (Å²) in [5.74, 6) is 0.187. The van der Waals surface area contributed by atoms with E-state index in [1.807, 2.05) is 19.1 Å². The summed E-state index contributed by atoms with van der Waals surface area (Å²) in [6.45, 7) is 3.93. The minimum absolute atomic E-state index is 0.0140. The number of fused-ring (bicyclic) bond motifs is 1. The van der Waals surface area contributed by atoms with E-state index in [2.05, 4.69) is 4.98 Å². The molecule has 1 fully saturated rings. The number of nitrogens with zero attached hydrogens (tertiary/aromatic N) is 2. The summed E-state index contributed by atoms with van der Waals surface area (Å²) in [6, 6.07) is 11.6. The van der Waals surface area contributed by atoms with Gasteiger partial charge in [0, 0.05) is 30.9 Å². The number of aromatic nitrogens is 1. The molecule has 5 rings (SSSR count). The summed E-state index contributed by atoms with van der Waals surface area (Å²) in [5, 5.41) is 11.2. The number of ketones is 1. The monoisotopic (exact) mass is 430 g/mol. The highest BCUT2D eigenvalue weighted by Gasteiger charge is 2.47. The van der Waals surface area contributed by atoms with Crippen molar-refractivity contribution in [2.45, 2.75) is 39.0 Å². The zero-order valence-electron chi connectivity index (χ0n) is 17.7. The number of aliphatic hydroxyl groups excluding tert-OH is 1. The molecule has 7 nitrogen and oxygen atoms in total. The summed E-state index contributed by atoms with van der Waals surface area (Å²) in [4.78, 5) is 31.6. The first-order valence-electron chi connectivity index (χ1n) is 10.5. The molecular weight excluding hydrogens is 408 g/mol. The fraction of sp³-hybridized carbons (Fsp3) is 0.240. The number of rotatable bonds is 4. The normalized spacial score (nSPS) is 21.6. The third-order valence-corrected chi connectivity index (χ3v) is 5.82. The van der Waals surface area contributed by atoms with Crippen LogP contribution in [0.2, 0.25) is 0 Å². The molecule has 1 amide bonds. The summed E-state index contributed by atoms with van der Waals surface area (Å²) in [7, 11) is 0. The second-order valence-electron chi connectivity index (χ2n) is 8.19. The predicted molar refractivity (Wildman–Crippen MR) is 116 cm³/mol. The van der Waals surface area contributed by atoms with Crippen LogP contribution in [0.3, 0.4) is 0 Å². The fourth-order valence-corrected chi connectivity index (χ4v) is 4.35. The SMILES string of the molecule is Cc1ccc(C2/C(=C(/O)c3ccc4c(c3)CC(C)O4)C(=O)C(=O)N2Cc2cccnc2)o1. The van der Waals surface area contributed by atoms with E-state index in [1.54, 1.807) is 49.6 Å². The first-order chi connectivity index (χ1) is 15.4. The van der Waals surface area contributed by atoms with Gasteiger partial charge in [-0.1, -0.05) is 6.07 Å². The van der Waals surface area contributed by atoms with Gasteiger partial charge in [0.15, 0.2) is 0 Å². The molecule has 32 heavy (non-hydrogen) atoms. The van der Waals surface area contributed by atoms with E-state index in [0.717, 1.165) is 16.9 Å². The Bertz CT molecular complexity index is 1240. The number of hydrogen-bond acceptors (Lipinski definition) is 6. The van der Waals surface area contributed by atoms with Crippen molar-refractivity contribution in [3.05, 3.63) is 88.6 Å². The number of furan rings is 1. The van der Waals surface area contributed by atoms with Crippen molar-refractivity contribution in [2.24, 2.45) is 0 Å². The van der Waals surface area contributed by atoms with Gasteiger partial charge in [-0.05, 0) is 61.4 Å². The van der Waals surface area contributed by atoms with Gasteiger partial charge in [-0.15, -0.1) is 0 Å². The number of aryl methyl sites for hydroxylation is 1. The molecule has 0 saturated carbocycles. The van der Waals surface area contributed by atoms with Crippen molar-refractivity contribution < 1.29 is 23.8 Å². The highest BCUT2D eigenvalue weighted by Crippen LogP contribution is 2.41. The molecule has 0 aliphatic carbocycles. The van der Waals surface area contributed by atoms with E-state index < -0.39 is 17.7 Å². The molecule has 1 aromatic carbocycles. The van der Waals surface area contributed by atoms with E-state index in [4.69, 9.17) is 9.15 Å². The number of Topliss-reactive ketones (excluding diaryl/α,β-unsaturated/α-hetero) is 1. The van der Waals surface area contributed by atoms with Crippen LogP contribution in [-0.4, -0.2) is 32.8 Å². The smallest absolute Gasteiger partial charge is 0.296 e. The van der Waals surface area contributed by atoms with Crippen molar-refractivity contribution in [3.8, 4) is 5.75 Å².